The highest BCUT2D eigenvalue weighted by Crippen LogP contribution is 2.53. The number of ether oxygens (including phenoxy) is 1. The zero-order chi connectivity index (χ0) is 28.8. The molecule has 1 aliphatic heterocycles. The number of hydrogen-bond donors (Lipinski definition) is 2. The van der Waals surface area contributed by atoms with Crippen LogP contribution in [0.5, 0.6) is 0 Å². The summed E-state index contributed by atoms with van der Waals surface area (Å²) in [6, 6.07) is 9.48. The van der Waals surface area contributed by atoms with Crippen LogP contribution in [0.4, 0.5) is 32.0 Å². The lowest BCUT2D eigenvalue weighted by Crippen LogP contribution is -2.56. The zero-order valence-electron chi connectivity index (χ0n) is 21.1. The fourth-order valence-corrected chi connectivity index (χ4v) is 4.88. The van der Waals surface area contributed by atoms with Gasteiger partial charge >= 0.3 is 12.4 Å². The lowest BCUT2D eigenvalue weighted by molar-refractivity contribution is -0.389. The SMILES string of the molecule is CC(c1ccc(CC(=O)Nc2ccc(C(OCCN3CCCCC3)(C(F)(F)F)C(F)(F)F)cc2)cc1)[SH](=O)=O. The third kappa shape index (κ3) is 7.52. The van der Waals surface area contributed by atoms with E-state index in [1.165, 1.54) is 6.92 Å². The number of nitrogens with zero attached hydrogens (tertiary/aromatic N) is 1. The van der Waals surface area contributed by atoms with Gasteiger partial charge in [0.25, 0.3) is 5.60 Å². The molecule has 1 unspecified atom stereocenters. The number of thiol groups is 1. The summed E-state index contributed by atoms with van der Waals surface area (Å²) in [5, 5.41) is 1.74. The monoisotopic (exact) mass is 580 g/mol. The molecule has 1 N–H and O–H groups in total. The van der Waals surface area contributed by atoms with Gasteiger partial charge in [0.1, 0.15) is 10.7 Å². The van der Waals surface area contributed by atoms with Crippen molar-refractivity contribution >= 4 is 22.3 Å². The third-order valence-corrected chi connectivity index (χ3v) is 7.62. The van der Waals surface area contributed by atoms with Crippen LogP contribution in [0, 0.1) is 0 Å². The summed E-state index contributed by atoms with van der Waals surface area (Å²) >= 11 is 0. The number of benzene rings is 2. The van der Waals surface area contributed by atoms with E-state index in [4.69, 9.17) is 0 Å². The maximum absolute atomic E-state index is 14.0. The van der Waals surface area contributed by atoms with Gasteiger partial charge in [-0.1, -0.05) is 42.8 Å². The number of carbonyl (C=O) groups is 1. The fourth-order valence-electron chi connectivity index (χ4n) is 4.46. The molecule has 2 aromatic rings. The van der Waals surface area contributed by atoms with Crippen LogP contribution in [0.2, 0.25) is 0 Å². The minimum atomic E-state index is -5.79. The summed E-state index contributed by atoms with van der Waals surface area (Å²) in [6.45, 7) is 1.88. The van der Waals surface area contributed by atoms with E-state index < -0.39 is 52.0 Å². The topological polar surface area (TPSA) is 75.7 Å². The minimum absolute atomic E-state index is 0.00362. The predicted molar refractivity (Wildman–Crippen MR) is 134 cm³/mol. The zero-order valence-corrected chi connectivity index (χ0v) is 22.0. The quantitative estimate of drug-likeness (QED) is 0.292. The second-order valence-corrected chi connectivity index (χ2v) is 10.8. The molecule has 1 aliphatic rings. The van der Waals surface area contributed by atoms with E-state index in [9.17, 15) is 39.6 Å². The van der Waals surface area contributed by atoms with Crippen molar-refractivity contribution in [2.75, 3.05) is 31.6 Å². The summed E-state index contributed by atoms with van der Waals surface area (Å²) in [5.74, 6) is -0.561. The number of halogens is 6. The smallest absolute Gasteiger partial charge is 0.353 e. The summed E-state index contributed by atoms with van der Waals surface area (Å²) in [7, 11) is -2.66. The van der Waals surface area contributed by atoms with Gasteiger partial charge in [0.2, 0.25) is 5.91 Å². The van der Waals surface area contributed by atoms with Crippen LogP contribution in [0.1, 0.15) is 48.1 Å². The standard InChI is InChI=1S/C26H30F6N2O4S/c1-18(39(36)37)20-7-5-19(6-8-20)17-23(35)33-22-11-9-21(10-12-22)24(25(27,28)29,26(30,31)32)38-16-15-34-13-3-2-4-14-34/h5-12,18,39H,2-4,13-17H2,1H3,(H,33,35). The van der Waals surface area contributed by atoms with Crippen molar-refractivity contribution in [2.45, 2.75) is 55.8 Å². The number of likely N-dealkylation sites (tertiary alicyclic amines) is 1. The van der Waals surface area contributed by atoms with Gasteiger partial charge < -0.3 is 15.0 Å². The summed E-state index contributed by atoms with van der Waals surface area (Å²) in [6.07, 6.45) is -9.11. The van der Waals surface area contributed by atoms with Gasteiger partial charge in [0.05, 0.1) is 18.3 Å². The van der Waals surface area contributed by atoms with Crippen LogP contribution in [-0.4, -0.2) is 57.8 Å². The Labute approximate surface area is 224 Å². The Morgan fingerprint density at radius 1 is 0.923 bits per heavy atom. The third-order valence-electron chi connectivity index (χ3n) is 6.69. The number of alkyl halides is 6. The van der Waals surface area contributed by atoms with Crippen molar-refractivity contribution in [1.29, 1.82) is 0 Å². The van der Waals surface area contributed by atoms with Gasteiger partial charge in [0, 0.05) is 17.8 Å². The number of rotatable bonds is 10. The molecule has 0 saturated carbocycles. The Morgan fingerprint density at radius 3 is 2.00 bits per heavy atom. The number of nitrogens with one attached hydrogen (secondary N) is 1. The van der Waals surface area contributed by atoms with Crippen molar-refractivity contribution in [3.63, 3.8) is 0 Å². The molecule has 0 spiro atoms. The lowest BCUT2D eigenvalue weighted by Gasteiger charge is -2.38. The van der Waals surface area contributed by atoms with Crippen molar-refractivity contribution < 1.29 is 44.3 Å². The largest absolute Gasteiger partial charge is 0.430 e. The Bertz CT molecular complexity index is 1150. The van der Waals surface area contributed by atoms with Crippen LogP contribution in [0.15, 0.2) is 48.5 Å². The summed E-state index contributed by atoms with van der Waals surface area (Å²) in [4.78, 5) is 14.2. The second kappa shape index (κ2) is 12.7. The first-order valence-corrected chi connectivity index (χ1v) is 13.6. The Balaban J connectivity index is 1.73. The molecule has 39 heavy (non-hydrogen) atoms. The van der Waals surface area contributed by atoms with Crippen LogP contribution in [-0.2, 0) is 32.3 Å². The summed E-state index contributed by atoms with van der Waals surface area (Å²) < 4.78 is 111. The highest BCUT2D eigenvalue weighted by molar-refractivity contribution is 7.72. The fraction of sp³-hybridized carbons (Fsp3) is 0.500. The van der Waals surface area contributed by atoms with E-state index in [0.29, 0.717) is 36.3 Å². The van der Waals surface area contributed by atoms with Gasteiger partial charge in [-0.15, -0.1) is 0 Å². The molecule has 0 radical (unpaired) electrons. The van der Waals surface area contributed by atoms with Gasteiger partial charge in [0.15, 0.2) is 0 Å². The molecular weight excluding hydrogens is 550 g/mol. The van der Waals surface area contributed by atoms with Crippen molar-refractivity contribution in [3.05, 3.63) is 65.2 Å². The van der Waals surface area contributed by atoms with Gasteiger partial charge in [-0.05, 0) is 56.1 Å². The number of amides is 1. The van der Waals surface area contributed by atoms with Crippen LogP contribution in [0.25, 0.3) is 0 Å². The molecule has 1 amide bonds. The molecule has 3 rings (SSSR count). The molecule has 1 fully saturated rings. The van der Waals surface area contributed by atoms with Gasteiger partial charge in [-0.2, -0.15) is 26.3 Å². The molecule has 0 aliphatic carbocycles. The minimum Gasteiger partial charge on any atom is -0.353 e. The van der Waals surface area contributed by atoms with Crippen LogP contribution in [0.3, 0.4) is 0 Å². The number of hydrogen-bond acceptors (Lipinski definition) is 5. The van der Waals surface area contributed by atoms with E-state index in [1.807, 2.05) is 0 Å². The molecule has 216 valence electrons. The van der Waals surface area contributed by atoms with Gasteiger partial charge in [-0.3, -0.25) is 4.79 Å². The average Bonchev–Trinajstić information content (AvgIpc) is 2.86. The summed E-state index contributed by atoms with van der Waals surface area (Å²) in [5.41, 5.74) is -4.58. The second-order valence-electron chi connectivity index (χ2n) is 9.43. The van der Waals surface area contributed by atoms with Crippen molar-refractivity contribution in [2.24, 2.45) is 0 Å². The highest BCUT2D eigenvalue weighted by atomic mass is 32.2. The van der Waals surface area contributed by atoms with E-state index in [2.05, 4.69) is 10.1 Å². The number of piperidine rings is 1. The average molecular weight is 581 g/mol. The van der Waals surface area contributed by atoms with E-state index >= 15 is 0 Å². The molecule has 1 atom stereocenters. The predicted octanol–water partition coefficient (Wildman–Crippen LogP) is 5.36. The van der Waals surface area contributed by atoms with E-state index in [1.54, 1.807) is 29.2 Å². The molecule has 6 nitrogen and oxygen atoms in total. The molecule has 13 heteroatoms. The molecule has 0 aromatic heterocycles. The molecule has 1 saturated heterocycles. The van der Waals surface area contributed by atoms with Crippen LogP contribution >= 0.6 is 0 Å². The normalized spacial score (nSPS) is 16.3. The van der Waals surface area contributed by atoms with Crippen molar-refractivity contribution in [1.82, 2.24) is 4.90 Å². The highest BCUT2D eigenvalue weighted by Gasteiger charge is 2.73. The van der Waals surface area contributed by atoms with E-state index in [0.717, 1.165) is 31.4 Å². The lowest BCUT2D eigenvalue weighted by atomic mass is 9.91. The molecular formula is C26H30F6N2O4S. The molecule has 2 aromatic carbocycles. The van der Waals surface area contributed by atoms with Crippen molar-refractivity contribution in [3.8, 4) is 0 Å². The molecule has 1 heterocycles. The molecule has 0 bridgehead atoms. The Hall–Kier alpha value is -2.64. The Morgan fingerprint density at radius 2 is 1.49 bits per heavy atom. The van der Waals surface area contributed by atoms with Gasteiger partial charge in [-0.25, -0.2) is 8.42 Å². The Kier molecular flexibility index (Phi) is 10.1. The first kappa shape index (κ1) is 30.9. The maximum atomic E-state index is 14.0. The van der Waals surface area contributed by atoms with E-state index in [-0.39, 0.29) is 18.7 Å². The van der Waals surface area contributed by atoms with Crippen LogP contribution < -0.4 is 5.32 Å². The first-order chi connectivity index (χ1) is 18.2. The number of carbonyl (C=O) groups excluding carboxylic acids is 1. The maximum Gasteiger partial charge on any atom is 0.430 e. The first-order valence-electron chi connectivity index (χ1n) is 12.4. The number of anilines is 1.